The van der Waals surface area contributed by atoms with Crippen LogP contribution in [0.1, 0.15) is 19.0 Å². The molecule has 2 heterocycles. The van der Waals surface area contributed by atoms with Gasteiger partial charge in [0.25, 0.3) is 0 Å². The van der Waals surface area contributed by atoms with E-state index in [0.717, 1.165) is 30.4 Å². The maximum Gasteiger partial charge on any atom is 0.321 e. The predicted octanol–water partition coefficient (Wildman–Crippen LogP) is 2.99. The van der Waals surface area contributed by atoms with Crippen LogP contribution in [0.2, 0.25) is 0 Å². The van der Waals surface area contributed by atoms with E-state index in [1.807, 2.05) is 12.1 Å². The van der Waals surface area contributed by atoms with E-state index in [1.54, 1.807) is 30.5 Å². The third kappa shape index (κ3) is 4.01. The Kier molecular flexibility index (Phi) is 4.93. The lowest BCUT2D eigenvalue weighted by molar-refractivity contribution is 0.220. The van der Waals surface area contributed by atoms with Crippen molar-refractivity contribution in [2.24, 2.45) is 5.92 Å². The summed E-state index contributed by atoms with van der Waals surface area (Å²) in [4.78, 5) is 24.4. The average Bonchev–Trinajstić information content (AvgIpc) is 3.03. The zero-order valence-electron chi connectivity index (χ0n) is 14.1. The fourth-order valence-electron chi connectivity index (χ4n) is 2.87. The highest BCUT2D eigenvalue weighted by molar-refractivity contribution is 5.89. The van der Waals surface area contributed by atoms with Crippen LogP contribution in [-0.2, 0) is 6.54 Å². The lowest BCUT2D eigenvalue weighted by Crippen LogP contribution is -2.31. The maximum absolute atomic E-state index is 12.3. The van der Waals surface area contributed by atoms with Crippen molar-refractivity contribution in [2.75, 3.05) is 30.4 Å². The van der Waals surface area contributed by atoms with Gasteiger partial charge in [-0.1, -0.05) is 6.92 Å². The minimum absolute atomic E-state index is 0.164. The molecular formula is C18H23N5O. The number of rotatable bonds is 4. The number of hydrogen-bond donors (Lipinski definition) is 1. The number of amides is 2. The van der Waals surface area contributed by atoms with Gasteiger partial charge >= 0.3 is 6.03 Å². The van der Waals surface area contributed by atoms with Crippen LogP contribution < -0.4 is 10.2 Å². The normalized spacial score (nSPS) is 16.9. The number of nitrogens with zero attached hydrogens (tertiary/aromatic N) is 4. The topological polar surface area (TPSA) is 61.4 Å². The molecule has 0 bridgehead atoms. The molecule has 1 atom stereocenters. The smallest absolute Gasteiger partial charge is 0.321 e. The Bertz CT molecular complexity index is 674. The van der Waals surface area contributed by atoms with Crippen molar-refractivity contribution in [1.29, 1.82) is 0 Å². The van der Waals surface area contributed by atoms with Crippen molar-refractivity contribution in [3.8, 4) is 0 Å². The minimum Gasteiger partial charge on any atom is -0.371 e. The zero-order valence-corrected chi connectivity index (χ0v) is 14.1. The number of carbonyl (C=O) groups is 1. The van der Waals surface area contributed by atoms with Gasteiger partial charge in [-0.2, -0.15) is 0 Å². The van der Waals surface area contributed by atoms with Gasteiger partial charge in [-0.25, -0.2) is 4.79 Å². The summed E-state index contributed by atoms with van der Waals surface area (Å²) in [6.45, 7) is 4.91. The standard InChI is InChI=1S/C18H23N5O/c1-14-7-10-23(12-14)17-5-3-15(4-6-17)21-18(24)22(2)13-16-11-19-8-9-20-16/h3-6,8-9,11,14H,7,10,12-13H2,1-2H3,(H,21,24)/t14-/m0/s1. The second-order valence-electron chi connectivity index (χ2n) is 6.37. The first-order valence-electron chi connectivity index (χ1n) is 8.24. The molecule has 0 radical (unpaired) electrons. The average molecular weight is 325 g/mol. The van der Waals surface area contributed by atoms with Gasteiger partial charge in [0.1, 0.15) is 0 Å². The van der Waals surface area contributed by atoms with Crippen molar-refractivity contribution in [1.82, 2.24) is 14.9 Å². The summed E-state index contributed by atoms with van der Waals surface area (Å²) < 4.78 is 0. The fraction of sp³-hybridized carbons (Fsp3) is 0.389. The summed E-state index contributed by atoms with van der Waals surface area (Å²) in [5, 5.41) is 2.91. The molecule has 1 aromatic heterocycles. The lowest BCUT2D eigenvalue weighted by Gasteiger charge is -2.20. The number of nitrogens with one attached hydrogen (secondary N) is 1. The Morgan fingerprint density at radius 1 is 1.33 bits per heavy atom. The molecule has 2 aromatic rings. The molecule has 0 unspecified atom stereocenters. The molecule has 1 saturated heterocycles. The van der Waals surface area contributed by atoms with Crippen molar-refractivity contribution >= 4 is 17.4 Å². The lowest BCUT2D eigenvalue weighted by atomic mass is 10.2. The van der Waals surface area contributed by atoms with E-state index in [0.29, 0.717) is 6.54 Å². The van der Waals surface area contributed by atoms with Gasteiger partial charge in [-0.15, -0.1) is 0 Å². The van der Waals surface area contributed by atoms with Crippen molar-refractivity contribution in [3.63, 3.8) is 0 Å². The molecule has 6 heteroatoms. The third-order valence-electron chi connectivity index (χ3n) is 4.27. The zero-order chi connectivity index (χ0) is 16.9. The number of benzene rings is 1. The Hall–Kier alpha value is -2.63. The summed E-state index contributed by atoms with van der Waals surface area (Å²) in [7, 11) is 1.74. The molecule has 24 heavy (non-hydrogen) atoms. The van der Waals surface area contributed by atoms with E-state index >= 15 is 0 Å². The second-order valence-corrected chi connectivity index (χ2v) is 6.37. The van der Waals surface area contributed by atoms with Gasteiger partial charge in [-0.3, -0.25) is 9.97 Å². The third-order valence-corrected chi connectivity index (χ3v) is 4.27. The number of hydrogen-bond acceptors (Lipinski definition) is 4. The van der Waals surface area contributed by atoms with Crippen LogP contribution in [0.25, 0.3) is 0 Å². The molecule has 1 fully saturated rings. The number of aromatic nitrogens is 2. The first-order chi connectivity index (χ1) is 11.6. The van der Waals surface area contributed by atoms with Crippen LogP contribution in [0.15, 0.2) is 42.9 Å². The molecule has 3 rings (SSSR count). The summed E-state index contributed by atoms with van der Waals surface area (Å²) in [6.07, 6.45) is 6.15. The molecule has 0 spiro atoms. The fourth-order valence-corrected chi connectivity index (χ4v) is 2.87. The van der Waals surface area contributed by atoms with Gasteiger partial charge in [-0.05, 0) is 36.6 Å². The van der Waals surface area contributed by atoms with Crippen LogP contribution in [0.4, 0.5) is 16.2 Å². The number of urea groups is 1. The van der Waals surface area contributed by atoms with Gasteiger partial charge < -0.3 is 15.1 Å². The highest BCUT2D eigenvalue weighted by atomic mass is 16.2. The number of anilines is 2. The van der Waals surface area contributed by atoms with Gasteiger partial charge in [0.2, 0.25) is 0 Å². The largest absolute Gasteiger partial charge is 0.371 e. The van der Waals surface area contributed by atoms with Crippen LogP contribution in [-0.4, -0.2) is 41.0 Å². The Balaban J connectivity index is 1.56. The summed E-state index contributed by atoms with van der Waals surface area (Å²) >= 11 is 0. The molecule has 0 aliphatic carbocycles. The Morgan fingerprint density at radius 2 is 2.12 bits per heavy atom. The summed E-state index contributed by atoms with van der Waals surface area (Å²) in [5.74, 6) is 0.749. The van der Waals surface area contributed by atoms with Gasteiger partial charge in [0, 0.05) is 43.9 Å². The first kappa shape index (κ1) is 16.2. The summed E-state index contributed by atoms with van der Waals surface area (Å²) in [6, 6.07) is 7.87. The predicted molar refractivity (Wildman–Crippen MR) is 95.0 cm³/mol. The van der Waals surface area contributed by atoms with Crippen molar-refractivity contribution in [2.45, 2.75) is 19.9 Å². The van der Waals surface area contributed by atoms with Gasteiger partial charge in [0.15, 0.2) is 0 Å². The van der Waals surface area contributed by atoms with E-state index in [2.05, 4.69) is 39.2 Å². The molecule has 1 N–H and O–H groups in total. The molecule has 1 aromatic carbocycles. The highest BCUT2D eigenvalue weighted by Crippen LogP contribution is 2.24. The van der Waals surface area contributed by atoms with Crippen LogP contribution in [0.5, 0.6) is 0 Å². The molecular weight excluding hydrogens is 302 g/mol. The molecule has 0 saturated carbocycles. The monoisotopic (exact) mass is 325 g/mol. The quantitative estimate of drug-likeness (QED) is 0.939. The van der Waals surface area contributed by atoms with E-state index < -0.39 is 0 Å². The molecule has 126 valence electrons. The van der Waals surface area contributed by atoms with Crippen molar-refractivity contribution in [3.05, 3.63) is 48.5 Å². The van der Waals surface area contributed by atoms with E-state index in [9.17, 15) is 4.79 Å². The van der Waals surface area contributed by atoms with Crippen molar-refractivity contribution < 1.29 is 4.79 Å². The van der Waals surface area contributed by atoms with Crippen LogP contribution in [0.3, 0.4) is 0 Å². The maximum atomic E-state index is 12.3. The van der Waals surface area contributed by atoms with Gasteiger partial charge in [0.05, 0.1) is 18.4 Å². The Morgan fingerprint density at radius 3 is 2.75 bits per heavy atom. The second kappa shape index (κ2) is 7.29. The van der Waals surface area contributed by atoms with E-state index in [1.165, 1.54) is 12.1 Å². The molecule has 1 aliphatic heterocycles. The van der Waals surface area contributed by atoms with Crippen LogP contribution >= 0.6 is 0 Å². The Labute approximate surface area is 142 Å². The SMILES string of the molecule is C[C@H]1CCN(c2ccc(NC(=O)N(C)Cc3cnccn3)cc2)C1. The summed E-state index contributed by atoms with van der Waals surface area (Å²) in [5.41, 5.74) is 2.76. The van der Waals surface area contributed by atoms with Crippen LogP contribution in [0, 0.1) is 5.92 Å². The molecule has 2 amide bonds. The first-order valence-corrected chi connectivity index (χ1v) is 8.24. The number of carbonyl (C=O) groups excluding carboxylic acids is 1. The molecule has 6 nitrogen and oxygen atoms in total. The minimum atomic E-state index is -0.164. The highest BCUT2D eigenvalue weighted by Gasteiger charge is 2.18. The van der Waals surface area contributed by atoms with E-state index in [4.69, 9.17) is 0 Å². The van der Waals surface area contributed by atoms with E-state index in [-0.39, 0.29) is 6.03 Å². The molecule has 1 aliphatic rings.